The molecule has 5 heteroatoms. The number of nitrogens with one attached hydrogen (secondary N) is 1. The van der Waals surface area contributed by atoms with Gasteiger partial charge in [0, 0.05) is 21.3 Å². The summed E-state index contributed by atoms with van der Waals surface area (Å²) in [6.45, 7) is 0. The van der Waals surface area contributed by atoms with Crippen molar-refractivity contribution in [2.45, 2.75) is 0 Å². The van der Waals surface area contributed by atoms with Crippen LogP contribution < -0.4 is 5.43 Å². The molecule has 1 N–H and O–H groups in total. The number of carbonyl (C=O) groups excluding carboxylic acids is 1. The summed E-state index contributed by atoms with van der Waals surface area (Å²) in [4.78, 5) is 29.5. The molecule has 4 nitrogen and oxygen atoms in total. The molecule has 3 aromatic rings. The second kappa shape index (κ2) is 4.35. The largest absolute Gasteiger partial charge is 0.353 e. The monoisotopic (exact) mass is 270 g/mol. The van der Waals surface area contributed by atoms with E-state index in [4.69, 9.17) is 11.6 Å². The van der Waals surface area contributed by atoms with Gasteiger partial charge in [0.15, 0.2) is 5.43 Å². The van der Waals surface area contributed by atoms with Crippen molar-refractivity contribution in [3.63, 3.8) is 0 Å². The summed E-state index contributed by atoms with van der Waals surface area (Å²) in [5.74, 6) is 0. The van der Waals surface area contributed by atoms with Crippen LogP contribution in [0.25, 0.3) is 21.8 Å². The van der Waals surface area contributed by atoms with Gasteiger partial charge in [-0.15, -0.1) is 0 Å². The van der Waals surface area contributed by atoms with Crippen LogP contribution in [-0.4, -0.2) is 11.1 Å². The van der Waals surface area contributed by atoms with Crippen molar-refractivity contribution in [3.05, 3.63) is 51.6 Å². The highest BCUT2D eigenvalue weighted by Gasteiger charge is 2.08. The summed E-state index contributed by atoms with van der Waals surface area (Å²) in [6, 6.07) is 10.0. The van der Waals surface area contributed by atoms with E-state index in [1.807, 2.05) is 0 Å². The molecule has 0 saturated heterocycles. The van der Waals surface area contributed by atoms with Crippen LogP contribution in [0.5, 0.6) is 0 Å². The zero-order valence-corrected chi connectivity index (χ0v) is 10.4. The van der Waals surface area contributed by atoms with Gasteiger partial charge in [-0.3, -0.25) is 4.79 Å². The third-order valence-corrected chi connectivity index (χ3v) is 3.17. The van der Waals surface area contributed by atoms with E-state index in [0.717, 1.165) is 0 Å². The van der Waals surface area contributed by atoms with Gasteiger partial charge in [0.2, 0.25) is 6.08 Å². The fourth-order valence-corrected chi connectivity index (χ4v) is 2.27. The highest BCUT2D eigenvalue weighted by Crippen LogP contribution is 2.25. The summed E-state index contributed by atoms with van der Waals surface area (Å²) in [6.07, 6.45) is 1.48. The molecule has 19 heavy (non-hydrogen) atoms. The van der Waals surface area contributed by atoms with E-state index in [-0.39, 0.29) is 5.43 Å². The predicted molar refractivity (Wildman–Crippen MR) is 74.9 cm³/mol. The van der Waals surface area contributed by atoms with Crippen molar-refractivity contribution in [2.75, 3.05) is 0 Å². The van der Waals surface area contributed by atoms with Gasteiger partial charge in [-0.05, 0) is 30.3 Å². The Labute approximate surface area is 112 Å². The number of fused-ring (bicyclic) bond motifs is 2. The molecule has 0 spiro atoms. The van der Waals surface area contributed by atoms with Crippen LogP contribution in [-0.2, 0) is 4.79 Å². The number of para-hydroxylation sites is 1. The number of halogens is 1. The van der Waals surface area contributed by atoms with E-state index in [1.54, 1.807) is 36.4 Å². The first-order valence-corrected chi connectivity index (χ1v) is 5.90. The summed E-state index contributed by atoms with van der Waals surface area (Å²) in [5.41, 5.74) is 1.41. The molecular weight excluding hydrogens is 264 g/mol. The smallest absolute Gasteiger partial charge is 0.240 e. The SMILES string of the molecule is O=C=Nc1cccc2c(=O)c3cc(Cl)ccc3[nH]c12. The van der Waals surface area contributed by atoms with Crippen molar-refractivity contribution in [1.82, 2.24) is 4.98 Å². The number of benzene rings is 2. The van der Waals surface area contributed by atoms with E-state index in [0.29, 0.717) is 32.5 Å². The number of aromatic nitrogens is 1. The Bertz CT molecular complexity index is 908. The maximum atomic E-state index is 12.4. The van der Waals surface area contributed by atoms with Crippen LogP contribution in [0.2, 0.25) is 5.02 Å². The fourth-order valence-electron chi connectivity index (χ4n) is 2.10. The first-order valence-electron chi connectivity index (χ1n) is 5.53. The molecule has 2 aromatic carbocycles. The van der Waals surface area contributed by atoms with Gasteiger partial charge >= 0.3 is 0 Å². The lowest BCUT2D eigenvalue weighted by Gasteiger charge is -2.04. The molecule has 3 rings (SSSR count). The maximum absolute atomic E-state index is 12.4. The normalized spacial score (nSPS) is 10.6. The highest BCUT2D eigenvalue weighted by molar-refractivity contribution is 6.31. The number of aliphatic imine (C=N–C) groups is 1. The third-order valence-electron chi connectivity index (χ3n) is 2.94. The van der Waals surface area contributed by atoms with Gasteiger partial charge < -0.3 is 4.98 Å². The lowest BCUT2D eigenvalue weighted by atomic mass is 10.1. The van der Waals surface area contributed by atoms with E-state index in [2.05, 4.69) is 9.98 Å². The predicted octanol–water partition coefficient (Wildman–Crippen LogP) is 3.30. The minimum absolute atomic E-state index is 0.144. The number of pyridine rings is 1. The highest BCUT2D eigenvalue weighted by atomic mass is 35.5. The molecule has 0 fully saturated rings. The molecule has 0 bridgehead atoms. The number of isocyanates is 1. The second-order valence-electron chi connectivity index (χ2n) is 4.05. The zero-order chi connectivity index (χ0) is 13.4. The van der Waals surface area contributed by atoms with Crippen LogP contribution in [0.1, 0.15) is 0 Å². The Hall–Kier alpha value is -2.42. The molecule has 0 aliphatic heterocycles. The van der Waals surface area contributed by atoms with Gasteiger partial charge in [0.25, 0.3) is 0 Å². The minimum Gasteiger partial charge on any atom is -0.353 e. The molecule has 0 saturated carbocycles. The number of rotatable bonds is 1. The van der Waals surface area contributed by atoms with Crippen LogP contribution in [0.4, 0.5) is 5.69 Å². The molecular formula is C14H7ClN2O2. The number of hydrogen-bond acceptors (Lipinski definition) is 3. The van der Waals surface area contributed by atoms with Gasteiger partial charge in [0.05, 0.1) is 5.52 Å². The van der Waals surface area contributed by atoms with Crippen LogP contribution in [0.3, 0.4) is 0 Å². The first-order chi connectivity index (χ1) is 9.20. The Morgan fingerprint density at radius 3 is 2.79 bits per heavy atom. The third kappa shape index (κ3) is 1.83. The molecule has 1 aromatic heterocycles. The van der Waals surface area contributed by atoms with Gasteiger partial charge in [-0.2, -0.15) is 4.99 Å². The summed E-state index contributed by atoms with van der Waals surface area (Å²) in [5, 5.41) is 1.47. The van der Waals surface area contributed by atoms with Crippen molar-refractivity contribution < 1.29 is 4.79 Å². The molecule has 0 aliphatic rings. The Morgan fingerprint density at radius 1 is 1.16 bits per heavy atom. The standard InChI is InChI=1S/C14H7ClN2O2/c15-8-4-5-11-10(6-8)14(19)9-2-1-3-12(16-7-18)13(9)17-11/h1-6H,(H,17,19). The van der Waals surface area contributed by atoms with E-state index in [9.17, 15) is 9.59 Å². The van der Waals surface area contributed by atoms with Crippen LogP contribution in [0.15, 0.2) is 46.2 Å². The number of nitrogens with zero attached hydrogens (tertiary/aromatic N) is 1. The van der Waals surface area contributed by atoms with Crippen molar-refractivity contribution in [2.24, 2.45) is 4.99 Å². The Morgan fingerprint density at radius 2 is 2.00 bits per heavy atom. The first kappa shape index (κ1) is 11.7. The average Bonchev–Trinajstić information content (AvgIpc) is 2.41. The van der Waals surface area contributed by atoms with Crippen molar-refractivity contribution >= 4 is 45.2 Å². The lowest BCUT2D eigenvalue weighted by molar-refractivity contribution is 0.565. The molecule has 0 amide bonds. The summed E-state index contributed by atoms with van der Waals surface area (Å²) in [7, 11) is 0. The zero-order valence-electron chi connectivity index (χ0n) is 9.61. The minimum atomic E-state index is -0.144. The van der Waals surface area contributed by atoms with Crippen molar-refractivity contribution in [1.29, 1.82) is 0 Å². The van der Waals surface area contributed by atoms with Crippen LogP contribution in [0, 0.1) is 0 Å². The quantitative estimate of drug-likeness (QED) is 0.419. The molecule has 92 valence electrons. The van der Waals surface area contributed by atoms with Gasteiger partial charge in [-0.25, -0.2) is 4.79 Å². The summed E-state index contributed by atoms with van der Waals surface area (Å²) < 4.78 is 0. The maximum Gasteiger partial charge on any atom is 0.240 e. The lowest BCUT2D eigenvalue weighted by Crippen LogP contribution is -2.04. The number of hydrogen-bond donors (Lipinski definition) is 1. The van der Waals surface area contributed by atoms with E-state index >= 15 is 0 Å². The second-order valence-corrected chi connectivity index (χ2v) is 4.48. The number of aromatic amines is 1. The van der Waals surface area contributed by atoms with E-state index in [1.165, 1.54) is 6.08 Å². The van der Waals surface area contributed by atoms with Gasteiger partial charge in [0.1, 0.15) is 5.69 Å². The Balaban J connectivity index is 2.57. The van der Waals surface area contributed by atoms with Crippen LogP contribution >= 0.6 is 11.6 Å². The topological polar surface area (TPSA) is 62.3 Å². The van der Waals surface area contributed by atoms with Crippen molar-refractivity contribution in [3.8, 4) is 0 Å². The summed E-state index contributed by atoms with van der Waals surface area (Å²) >= 11 is 5.90. The molecule has 0 unspecified atom stereocenters. The molecule has 0 aliphatic carbocycles. The Kier molecular flexibility index (Phi) is 2.67. The average molecular weight is 271 g/mol. The van der Waals surface area contributed by atoms with E-state index < -0.39 is 0 Å². The molecule has 0 radical (unpaired) electrons. The number of H-pyrrole nitrogens is 1. The fraction of sp³-hybridized carbons (Fsp3) is 0. The molecule has 0 atom stereocenters. The van der Waals surface area contributed by atoms with Gasteiger partial charge in [-0.1, -0.05) is 17.7 Å². The molecule has 1 heterocycles.